The minimum absolute atomic E-state index is 0.0571. The number of aliphatic carboxylic acids is 1. The highest BCUT2D eigenvalue weighted by Gasteiger charge is 2.49. The summed E-state index contributed by atoms with van der Waals surface area (Å²) in [5.74, 6) is -0.566. The van der Waals surface area contributed by atoms with Crippen LogP contribution in [0, 0.1) is 11.8 Å². The molecule has 0 aliphatic heterocycles. The van der Waals surface area contributed by atoms with Crippen molar-refractivity contribution < 1.29 is 14.7 Å². The fourth-order valence-corrected chi connectivity index (χ4v) is 1.93. The minimum Gasteiger partial charge on any atom is -0.480 e. The monoisotopic (exact) mass is 256 g/mol. The molecular formula is C13H24N2O3. The standard InChI is InChI=1S/C13H24N2O3/c1-8(2)9(3)15(5)12(18)14-13(4,11(16)17)10-6-7-10/h8-10H,6-7H2,1-5H3,(H,14,18)(H,16,17). The molecule has 2 amide bonds. The maximum absolute atomic E-state index is 12.1. The molecule has 18 heavy (non-hydrogen) atoms. The SMILES string of the molecule is CC(C)C(C)N(C)C(=O)NC(C)(C(=O)O)C1CC1. The van der Waals surface area contributed by atoms with Crippen molar-refractivity contribution in [2.75, 3.05) is 7.05 Å². The largest absolute Gasteiger partial charge is 0.480 e. The second kappa shape index (κ2) is 5.16. The van der Waals surface area contributed by atoms with Gasteiger partial charge < -0.3 is 15.3 Å². The van der Waals surface area contributed by atoms with Crippen LogP contribution in [0.4, 0.5) is 4.79 Å². The summed E-state index contributed by atoms with van der Waals surface area (Å²) in [5.41, 5.74) is -1.14. The van der Waals surface area contributed by atoms with Gasteiger partial charge in [-0.1, -0.05) is 13.8 Å². The quantitative estimate of drug-likeness (QED) is 0.789. The topological polar surface area (TPSA) is 69.6 Å². The Bertz CT molecular complexity index is 339. The molecule has 0 aromatic heterocycles. The van der Waals surface area contributed by atoms with E-state index in [1.54, 1.807) is 18.9 Å². The number of nitrogens with zero attached hydrogens (tertiary/aromatic N) is 1. The normalized spacial score (nSPS) is 20.1. The fraction of sp³-hybridized carbons (Fsp3) is 0.846. The van der Waals surface area contributed by atoms with Crippen molar-refractivity contribution in [3.63, 3.8) is 0 Å². The molecule has 0 aromatic rings. The lowest BCUT2D eigenvalue weighted by atomic mass is 9.96. The van der Waals surface area contributed by atoms with Gasteiger partial charge in [-0.05, 0) is 38.5 Å². The molecule has 104 valence electrons. The van der Waals surface area contributed by atoms with Crippen molar-refractivity contribution >= 4 is 12.0 Å². The minimum atomic E-state index is -1.14. The summed E-state index contributed by atoms with van der Waals surface area (Å²) < 4.78 is 0. The van der Waals surface area contributed by atoms with Crippen LogP contribution in [-0.4, -0.2) is 40.6 Å². The lowest BCUT2D eigenvalue weighted by Crippen LogP contribution is -2.58. The van der Waals surface area contributed by atoms with E-state index in [1.807, 2.05) is 20.8 Å². The average Bonchev–Trinajstić information content (AvgIpc) is 3.10. The maximum Gasteiger partial charge on any atom is 0.329 e. The van der Waals surface area contributed by atoms with Gasteiger partial charge in [0.25, 0.3) is 0 Å². The number of carbonyl (C=O) groups is 2. The first-order chi connectivity index (χ1) is 8.20. The van der Waals surface area contributed by atoms with Crippen LogP contribution in [0.15, 0.2) is 0 Å². The molecule has 1 aliphatic carbocycles. The molecule has 0 bridgehead atoms. The van der Waals surface area contributed by atoms with Gasteiger partial charge in [0.15, 0.2) is 0 Å². The third-order valence-corrected chi connectivity index (χ3v) is 4.10. The number of carbonyl (C=O) groups excluding carboxylic acids is 1. The Morgan fingerprint density at radius 2 is 1.83 bits per heavy atom. The number of rotatable bonds is 5. The number of carboxylic acid groups (broad SMARTS) is 1. The Hall–Kier alpha value is -1.26. The highest BCUT2D eigenvalue weighted by Crippen LogP contribution is 2.39. The first-order valence-corrected chi connectivity index (χ1v) is 6.48. The smallest absolute Gasteiger partial charge is 0.329 e. The Labute approximate surface area is 109 Å². The third-order valence-electron chi connectivity index (χ3n) is 4.10. The van der Waals surface area contributed by atoms with Gasteiger partial charge in [0.1, 0.15) is 5.54 Å². The molecule has 1 rings (SSSR count). The Morgan fingerprint density at radius 3 is 2.17 bits per heavy atom. The van der Waals surface area contributed by atoms with Crippen LogP contribution in [-0.2, 0) is 4.79 Å². The summed E-state index contributed by atoms with van der Waals surface area (Å²) in [6, 6.07) is -0.241. The van der Waals surface area contributed by atoms with Crippen molar-refractivity contribution in [1.82, 2.24) is 10.2 Å². The fourth-order valence-electron chi connectivity index (χ4n) is 1.93. The van der Waals surface area contributed by atoms with E-state index < -0.39 is 11.5 Å². The molecule has 5 heteroatoms. The number of hydrogen-bond acceptors (Lipinski definition) is 2. The zero-order valence-corrected chi connectivity index (χ0v) is 11.9. The zero-order valence-electron chi connectivity index (χ0n) is 11.9. The highest BCUT2D eigenvalue weighted by atomic mass is 16.4. The van der Waals surface area contributed by atoms with Gasteiger partial charge in [0.2, 0.25) is 0 Å². The van der Waals surface area contributed by atoms with Crippen molar-refractivity contribution in [2.45, 2.75) is 52.1 Å². The third kappa shape index (κ3) is 2.94. The van der Waals surface area contributed by atoms with E-state index in [0.29, 0.717) is 5.92 Å². The molecule has 1 fully saturated rings. The molecule has 2 atom stereocenters. The van der Waals surface area contributed by atoms with Gasteiger partial charge in [-0.2, -0.15) is 0 Å². The molecule has 1 aliphatic rings. The van der Waals surface area contributed by atoms with E-state index in [0.717, 1.165) is 12.8 Å². The van der Waals surface area contributed by atoms with E-state index in [1.165, 1.54) is 0 Å². The molecule has 2 N–H and O–H groups in total. The number of nitrogens with one attached hydrogen (secondary N) is 1. The number of carboxylic acids is 1. The maximum atomic E-state index is 12.1. The predicted octanol–water partition coefficient (Wildman–Crippen LogP) is 1.93. The van der Waals surface area contributed by atoms with Crippen molar-refractivity contribution in [3.8, 4) is 0 Å². The summed E-state index contributed by atoms with van der Waals surface area (Å²) in [6.07, 6.45) is 1.74. The number of hydrogen-bond donors (Lipinski definition) is 2. The van der Waals surface area contributed by atoms with Crippen LogP contribution in [0.2, 0.25) is 0 Å². The van der Waals surface area contributed by atoms with Gasteiger partial charge in [0.05, 0.1) is 0 Å². The number of urea groups is 1. The highest BCUT2D eigenvalue weighted by molar-refractivity contribution is 5.86. The van der Waals surface area contributed by atoms with Crippen LogP contribution in [0.5, 0.6) is 0 Å². The van der Waals surface area contributed by atoms with Gasteiger partial charge in [-0.25, -0.2) is 9.59 Å². The van der Waals surface area contributed by atoms with Crippen molar-refractivity contribution in [2.24, 2.45) is 11.8 Å². The van der Waals surface area contributed by atoms with Crippen molar-refractivity contribution in [3.05, 3.63) is 0 Å². The molecule has 1 saturated carbocycles. The molecule has 2 unspecified atom stereocenters. The molecule has 0 aromatic carbocycles. The average molecular weight is 256 g/mol. The first-order valence-electron chi connectivity index (χ1n) is 6.48. The summed E-state index contributed by atoms with van der Waals surface area (Å²) in [7, 11) is 1.70. The van der Waals surface area contributed by atoms with Crippen LogP contribution in [0.3, 0.4) is 0 Å². The van der Waals surface area contributed by atoms with Crippen LogP contribution in [0.25, 0.3) is 0 Å². The summed E-state index contributed by atoms with van der Waals surface area (Å²) in [6.45, 7) is 7.62. The van der Waals surface area contributed by atoms with Crippen LogP contribution in [0.1, 0.15) is 40.5 Å². The van der Waals surface area contributed by atoms with Gasteiger partial charge in [-0.15, -0.1) is 0 Å². The molecular weight excluding hydrogens is 232 g/mol. The Kier molecular flexibility index (Phi) is 4.24. The Morgan fingerprint density at radius 1 is 1.33 bits per heavy atom. The molecule has 0 radical (unpaired) electrons. The summed E-state index contributed by atoms with van der Waals surface area (Å²) >= 11 is 0. The van der Waals surface area contributed by atoms with Crippen molar-refractivity contribution in [1.29, 1.82) is 0 Å². The van der Waals surface area contributed by atoms with Crippen LogP contribution < -0.4 is 5.32 Å². The second-order valence-electron chi connectivity index (χ2n) is 5.81. The van der Waals surface area contributed by atoms with Gasteiger partial charge in [0, 0.05) is 13.1 Å². The van der Waals surface area contributed by atoms with Gasteiger partial charge in [-0.3, -0.25) is 0 Å². The molecule has 0 heterocycles. The zero-order chi connectivity index (χ0) is 14.1. The summed E-state index contributed by atoms with van der Waals surface area (Å²) in [5, 5.41) is 12.0. The Balaban J connectivity index is 2.70. The van der Waals surface area contributed by atoms with Crippen LogP contribution >= 0.6 is 0 Å². The second-order valence-corrected chi connectivity index (χ2v) is 5.81. The molecule has 0 saturated heterocycles. The van der Waals surface area contributed by atoms with E-state index in [9.17, 15) is 14.7 Å². The first kappa shape index (κ1) is 14.8. The summed E-state index contributed by atoms with van der Waals surface area (Å²) in [4.78, 5) is 25.0. The van der Waals surface area contributed by atoms with E-state index >= 15 is 0 Å². The molecule has 5 nitrogen and oxygen atoms in total. The number of amides is 2. The van der Waals surface area contributed by atoms with E-state index in [-0.39, 0.29) is 18.0 Å². The predicted molar refractivity (Wildman–Crippen MR) is 69.4 cm³/mol. The molecule has 0 spiro atoms. The lowest BCUT2D eigenvalue weighted by Gasteiger charge is -2.33. The lowest BCUT2D eigenvalue weighted by molar-refractivity contribution is -0.144. The van der Waals surface area contributed by atoms with Gasteiger partial charge >= 0.3 is 12.0 Å². The van der Waals surface area contributed by atoms with E-state index in [4.69, 9.17) is 0 Å². The van der Waals surface area contributed by atoms with E-state index in [2.05, 4.69) is 5.32 Å².